The highest BCUT2D eigenvalue weighted by Gasteiger charge is 2.18. The molecular weight excluding hydrogens is 480 g/mol. The average Bonchev–Trinajstić information content (AvgIpc) is 3.01. The summed E-state index contributed by atoms with van der Waals surface area (Å²) < 4.78 is 0. The summed E-state index contributed by atoms with van der Waals surface area (Å²) in [6, 6.07) is 49.3. The highest BCUT2D eigenvalue weighted by Crippen LogP contribution is 2.46. The largest absolute Gasteiger partial charge is 0.0651 e. The maximum Gasteiger partial charge on any atom is -0.00201 e. The van der Waals surface area contributed by atoms with Crippen molar-refractivity contribution >= 4 is 32.3 Å². The van der Waals surface area contributed by atoms with Gasteiger partial charge < -0.3 is 0 Å². The lowest BCUT2D eigenvalue weighted by atomic mass is 9.83. The molecule has 0 unspecified atom stereocenters. The Bertz CT molecular complexity index is 1960. The van der Waals surface area contributed by atoms with Crippen LogP contribution in [0.5, 0.6) is 0 Å². The second-order valence-corrected chi connectivity index (χ2v) is 10.8. The van der Waals surface area contributed by atoms with E-state index in [2.05, 4.69) is 147 Å². The van der Waals surface area contributed by atoms with Crippen molar-refractivity contribution in [3.63, 3.8) is 0 Å². The van der Waals surface area contributed by atoms with E-state index in [1.807, 2.05) is 0 Å². The van der Waals surface area contributed by atoms with Crippen LogP contribution in [-0.4, -0.2) is 0 Å². The fourth-order valence-electron chi connectivity index (χ4n) is 6.51. The van der Waals surface area contributed by atoms with Gasteiger partial charge in [0.05, 0.1) is 0 Å². The molecule has 0 N–H and O–H groups in total. The van der Waals surface area contributed by atoms with Gasteiger partial charge in [-0.15, -0.1) is 0 Å². The molecule has 0 aromatic heterocycles. The smallest absolute Gasteiger partial charge is 0.00201 e. The third-order valence-electron chi connectivity index (χ3n) is 8.34. The summed E-state index contributed by atoms with van der Waals surface area (Å²) in [5.41, 5.74) is 10.6. The molecule has 192 valence electrons. The molecule has 0 spiro atoms. The molecule has 0 saturated heterocycles. The molecule has 0 radical (unpaired) electrons. The van der Waals surface area contributed by atoms with Gasteiger partial charge in [-0.25, -0.2) is 0 Å². The van der Waals surface area contributed by atoms with Crippen LogP contribution in [0.2, 0.25) is 0 Å². The van der Waals surface area contributed by atoms with Crippen molar-refractivity contribution in [2.45, 2.75) is 26.7 Å². The molecule has 7 aromatic rings. The number of hydrogen-bond donors (Lipinski definition) is 0. The van der Waals surface area contributed by atoms with Gasteiger partial charge in [-0.1, -0.05) is 141 Å². The van der Waals surface area contributed by atoms with Crippen molar-refractivity contribution < 1.29 is 0 Å². The number of fused-ring (bicyclic) bond motifs is 3. The van der Waals surface area contributed by atoms with Crippen LogP contribution in [0.25, 0.3) is 65.7 Å². The summed E-state index contributed by atoms with van der Waals surface area (Å²) in [5, 5.41) is 7.73. The molecule has 0 heteroatoms. The van der Waals surface area contributed by atoms with Crippen LogP contribution in [0, 0.1) is 6.92 Å². The number of hydrogen-bond acceptors (Lipinski definition) is 0. The second-order valence-electron chi connectivity index (χ2n) is 10.8. The standard InChI is InChI=1S/C40H32/c1-3-13-28-14-4-7-18-32(28)38-26-30(25-24-27(38)2)39-34-19-8-10-21-36(34)40(37-22-11-9-20-35(37)39)33-23-12-16-29-15-5-6-17-31(29)33/h4-12,14-26H,3,13H2,1-2H3. The molecule has 0 aliphatic rings. The predicted octanol–water partition coefficient (Wildman–Crippen LogP) is 11.4. The fraction of sp³-hybridized carbons (Fsp3) is 0.100. The zero-order valence-corrected chi connectivity index (χ0v) is 23.1. The SMILES string of the molecule is CCCc1ccccc1-c1cc(-c2c3ccccc3c(-c3cccc4ccccc34)c3ccccc23)ccc1C. The second kappa shape index (κ2) is 10.1. The van der Waals surface area contributed by atoms with Crippen molar-refractivity contribution in [3.8, 4) is 33.4 Å². The molecule has 0 bridgehead atoms. The van der Waals surface area contributed by atoms with Gasteiger partial charge in [0.1, 0.15) is 0 Å². The zero-order chi connectivity index (χ0) is 27.1. The summed E-state index contributed by atoms with van der Waals surface area (Å²) in [4.78, 5) is 0. The normalized spacial score (nSPS) is 11.4. The number of aryl methyl sites for hydroxylation is 2. The Hall–Kier alpha value is -4.68. The summed E-state index contributed by atoms with van der Waals surface area (Å²) in [7, 11) is 0. The molecule has 0 amide bonds. The molecule has 40 heavy (non-hydrogen) atoms. The lowest BCUT2D eigenvalue weighted by Gasteiger charge is -2.20. The fourth-order valence-corrected chi connectivity index (χ4v) is 6.51. The summed E-state index contributed by atoms with van der Waals surface area (Å²) >= 11 is 0. The Morgan fingerprint density at radius 2 is 1.00 bits per heavy atom. The predicted molar refractivity (Wildman–Crippen MR) is 174 cm³/mol. The van der Waals surface area contributed by atoms with Gasteiger partial charge in [0, 0.05) is 0 Å². The highest BCUT2D eigenvalue weighted by molar-refractivity contribution is 6.23. The van der Waals surface area contributed by atoms with E-state index in [4.69, 9.17) is 0 Å². The van der Waals surface area contributed by atoms with E-state index < -0.39 is 0 Å². The Morgan fingerprint density at radius 1 is 0.450 bits per heavy atom. The first kappa shape index (κ1) is 24.4. The quantitative estimate of drug-likeness (QED) is 0.201. The van der Waals surface area contributed by atoms with Crippen LogP contribution in [0.3, 0.4) is 0 Å². The maximum atomic E-state index is 2.43. The first-order valence-electron chi connectivity index (χ1n) is 14.4. The molecule has 0 aliphatic carbocycles. The minimum atomic E-state index is 1.09. The van der Waals surface area contributed by atoms with Crippen LogP contribution in [0.15, 0.2) is 133 Å². The van der Waals surface area contributed by atoms with Crippen LogP contribution < -0.4 is 0 Å². The van der Waals surface area contributed by atoms with E-state index in [1.54, 1.807) is 0 Å². The lowest BCUT2D eigenvalue weighted by Crippen LogP contribution is -1.94. The molecule has 0 atom stereocenters. The van der Waals surface area contributed by atoms with Gasteiger partial charge in [-0.2, -0.15) is 0 Å². The molecule has 0 fully saturated rings. The zero-order valence-electron chi connectivity index (χ0n) is 23.1. The number of benzene rings is 7. The first-order chi connectivity index (χ1) is 19.7. The Balaban J connectivity index is 1.56. The van der Waals surface area contributed by atoms with Gasteiger partial charge in [0.2, 0.25) is 0 Å². The van der Waals surface area contributed by atoms with E-state index in [1.165, 1.54) is 76.8 Å². The molecule has 0 heterocycles. The van der Waals surface area contributed by atoms with Gasteiger partial charge in [-0.05, 0) is 96.2 Å². The van der Waals surface area contributed by atoms with E-state index >= 15 is 0 Å². The first-order valence-corrected chi connectivity index (χ1v) is 14.4. The molecular formula is C40H32. The molecule has 0 nitrogen and oxygen atoms in total. The summed E-state index contributed by atoms with van der Waals surface area (Å²) in [6.07, 6.45) is 2.23. The Labute approximate surface area is 236 Å². The average molecular weight is 513 g/mol. The lowest BCUT2D eigenvalue weighted by molar-refractivity contribution is 0.923. The van der Waals surface area contributed by atoms with E-state index in [0.717, 1.165) is 12.8 Å². The molecule has 7 aromatic carbocycles. The van der Waals surface area contributed by atoms with Crippen molar-refractivity contribution in [1.82, 2.24) is 0 Å². The summed E-state index contributed by atoms with van der Waals surface area (Å²) in [5.74, 6) is 0. The topological polar surface area (TPSA) is 0 Å². The highest BCUT2D eigenvalue weighted by atomic mass is 14.2. The van der Waals surface area contributed by atoms with Gasteiger partial charge in [-0.3, -0.25) is 0 Å². The van der Waals surface area contributed by atoms with Crippen molar-refractivity contribution in [1.29, 1.82) is 0 Å². The minimum Gasteiger partial charge on any atom is -0.0651 e. The van der Waals surface area contributed by atoms with Crippen LogP contribution in [0.4, 0.5) is 0 Å². The Morgan fingerprint density at radius 3 is 1.70 bits per heavy atom. The van der Waals surface area contributed by atoms with E-state index in [-0.39, 0.29) is 0 Å². The Kier molecular flexibility index (Phi) is 6.17. The molecule has 7 rings (SSSR count). The van der Waals surface area contributed by atoms with Crippen molar-refractivity contribution in [2.75, 3.05) is 0 Å². The van der Waals surface area contributed by atoms with Gasteiger partial charge in [0.15, 0.2) is 0 Å². The minimum absolute atomic E-state index is 1.09. The third kappa shape index (κ3) is 4.00. The molecule has 0 aliphatic heterocycles. The van der Waals surface area contributed by atoms with Crippen molar-refractivity contribution in [2.24, 2.45) is 0 Å². The van der Waals surface area contributed by atoms with E-state index in [9.17, 15) is 0 Å². The van der Waals surface area contributed by atoms with Crippen LogP contribution in [-0.2, 0) is 6.42 Å². The monoisotopic (exact) mass is 512 g/mol. The van der Waals surface area contributed by atoms with Crippen LogP contribution in [0.1, 0.15) is 24.5 Å². The maximum absolute atomic E-state index is 2.43. The van der Waals surface area contributed by atoms with Crippen LogP contribution >= 0.6 is 0 Å². The third-order valence-corrected chi connectivity index (χ3v) is 8.34. The van der Waals surface area contributed by atoms with Gasteiger partial charge in [0.25, 0.3) is 0 Å². The summed E-state index contributed by atoms with van der Waals surface area (Å²) in [6.45, 7) is 4.50. The van der Waals surface area contributed by atoms with Gasteiger partial charge >= 0.3 is 0 Å². The molecule has 0 saturated carbocycles. The number of rotatable bonds is 5. The van der Waals surface area contributed by atoms with Crippen molar-refractivity contribution in [3.05, 3.63) is 145 Å². The van der Waals surface area contributed by atoms with E-state index in [0.29, 0.717) is 0 Å².